The molecule has 0 fully saturated rings. The molecule has 0 unspecified atom stereocenters. The van der Waals surface area contributed by atoms with Gasteiger partial charge in [-0.1, -0.05) is 43.7 Å². The fourth-order valence-electron chi connectivity index (χ4n) is 1.87. The van der Waals surface area contributed by atoms with Crippen LogP contribution in [0, 0.1) is 4.91 Å². The fourth-order valence-corrected chi connectivity index (χ4v) is 1.87. The van der Waals surface area contributed by atoms with E-state index in [1.165, 1.54) is 0 Å². The maximum absolute atomic E-state index is 11.1. The van der Waals surface area contributed by atoms with E-state index in [9.17, 15) is 4.91 Å². The molecule has 0 bridgehead atoms. The number of nitroso groups, excluding NO2 is 1. The maximum Gasteiger partial charge on any atom is 0.251 e. The van der Waals surface area contributed by atoms with Gasteiger partial charge >= 0.3 is 0 Å². The van der Waals surface area contributed by atoms with Crippen LogP contribution in [0.15, 0.2) is 35.5 Å². The lowest BCUT2D eigenvalue weighted by Gasteiger charge is -2.11. The molecule has 0 atom stereocenters. The van der Waals surface area contributed by atoms with Gasteiger partial charge in [0.15, 0.2) is 5.82 Å². The van der Waals surface area contributed by atoms with Gasteiger partial charge in [0.1, 0.15) is 6.61 Å². The van der Waals surface area contributed by atoms with Crippen molar-refractivity contribution in [3.8, 4) is 5.88 Å². The Morgan fingerprint density at radius 2 is 2.05 bits per heavy atom. The van der Waals surface area contributed by atoms with Crippen molar-refractivity contribution in [2.45, 2.75) is 26.4 Å². The van der Waals surface area contributed by atoms with Crippen LogP contribution in [-0.4, -0.2) is 16.5 Å². The Kier molecular flexibility index (Phi) is 5.65. The van der Waals surface area contributed by atoms with Gasteiger partial charge in [-0.15, -0.1) is 4.91 Å². The number of nitrogens with zero attached hydrogens (tertiary/aromatic N) is 3. The number of hydrogen-bond donors (Lipinski definition) is 2. The van der Waals surface area contributed by atoms with E-state index in [1.54, 1.807) is 0 Å². The molecule has 1 aromatic carbocycles. The zero-order chi connectivity index (χ0) is 15.8. The molecule has 22 heavy (non-hydrogen) atoms. The minimum absolute atomic E-state index is 0.0365. The SMILES string of the molecule is CCCCNc1nc(N)nc(OCc2ccccc2)c1N=O. The molecular formula is C15H19N5O2. The van der Waals surface area contributed by atoms with E-state index < -0.39 is 0 Å². The molecule has 1 aromatic heterocycles. The van der Waals surface area contributed by atoms with Gasteiger partial charge in [-0.25, -0.2) is 0 Å². The highest BCUT2D eigenvalue weighted by atomic mass is 16.5. The molecule has 0 radical (unpaired) electrons. The van der Waals surface area contributed by atoms with Crippen LogP contribution in [-0.2, 0) is 6.61 Å². The predicted molar refractivity (Wildman–Crippen MR) is 86.1 cm³/mol. The highest BCUT2D eigenvalue weighted by molar-refractivity contribution is 5.67. The lowest BCUT2D eigenvalue weighted by molar-refractivity contribution is 0.295. The van der Waals surface area contributed by atoms with E-state index in [2.05, 4.69) is 27.4 Å². The predicted octanol–water partition coefficient (Wildman–Crippen LogP) is 3.25. The maximum atomic E-state index is 11.1. The van der Waals surface area contributed by atoms with Crippen molar-refractivity contribution in [2.24, 2.45) is 5.18 Å². The first kappa shape index (κ1) is 15.7. The number of aromatic nitrogens is 2. The Bertz CT molecular complexity index is 619. The summed E-state index contributed by atoms with van der Waals surface area (Å²) in [4.78, 5) is 19.1. The summed E-state index contributed by atoms with van der Waals surface area (Å²) < 4.78 is 5.58. The van der Waals surface area contributed by atoms with Gasteiger partial charge in [0.25, 0.3) is 5.88 Å². The third-order valence-corrected chi connectivity index (χ3v) is 3.00. The zero-order valence-electron chi connectivity index (χ0n) is 12.5. The molecule has 7 nitrogen and oxygen atoms in total. The van der Waals surface area contributed by atoms with Crippen LogP contribution in [0.5, 0.6) is 5.88 Å². The number of benzene rings is 1. The average molecular weight is 301 g/mol. The minimum atomic E-state index is 0.0365. The second kappa shape index (κ2) is 7.92. The second-order valence-electron chi connectivity index (χ2n) is 4.73. The molecule has 0 amide bonds. The van der Waals surface area contributed by atoms with Gasteiger partial charge < -0.3 is 15.8 Å². The van der Waals surface area contributed by atoms with Crippen molar-refractivity contribution in [3.63, 3.8) is 0 Å². The van der Waals surface area contributed by atoms with Crippen molar-refractivity contribution in [2.75, 3.05) is 17.6 Å². The standard InChI is InChI=1S/C15H19N5O2/c1-2-3-9-17-13-12(20-21)14(19-15(16)18-13)22-10-11-7-5-4-6-8-11/h4-8H,2-3,9-10H2,1H3,(H3,16,17,18,19). The molecule has 1 heterocycles. The Hall–Kier alpha value is -2.70. The minimum Gasteiger partial charge on any atom is -0.471 e. The number of nitrogen functional groups attached to an aromatic ring is 1. The second-order valence-corrected chi connectivity index (χ2v) is 4.73. The van der Waals surface area contributed by atoms with E-state index in [4.69, 9.17) is 10.5 Å². The summed E-state index contributed by atoms with van der Waals surface area (Å²) in [5.74, 6) is 0.429. The molecule has 0 spiro atoms. The summed E-state index contributed by atoms with van der Waals surface area (Å²) in [5.41, 5.74) is 6.67. The monoisotopic (exact) mass is 301 g/mol. The summed E-state index contributed by atoms with van der Waals surface area (Å²) in [6.07, 6.45) is 1.97. The van der Waals surface area contributed by atoms with Crippen LogP contribution >= 0.6 is 0 Å². The third kappa shape index (κ3) is 4.15. The number of anilines is 2. The Balaban J connectivity index is 2.16. The Morgan fingerprint density at radius 1 is 1.27 bits per heavy atom. The molecule has 0 saturated heterocycles. The summed E-state index contributed by atoms with van der Waals surface area (Å²) in [6.45, 7) is 3.02. The van der Waals surface area contributed by atoms with Gasteiger partial charge in [0, 0.05) is 6.54 Å². The fraction of sp³-hybridized carbons (Fsp3) is 0.333. The van der Waals surface area contributed by atoms with E-state index in [0.717, 1.165) is 18.4 Å². The molecule has 116 valence electrons. The topological polar surface area (TPSA) is 102 Å². The number of unbranched alkanes of at least 4 members (excludes halogenated alkanes) is 1. The van der Waals surface area contributed by atoms with Gasteiger partial charge in [-0.05, 0) is 17.2 Å². The van der Waals surface area contributed by atoms with Gasteiger partial charge in [-0.2, -0.15) is 9.97 Å². The van der Waals surface area contributed by atoms with Crippen molar-refractivity contribution < 1.29 is 4.74 Å². The quantitative estimate of drug-likeness (QED) is 0.573. The van der Waals surface area contributed by atoms with E-state index in [1.807, 2.05) is 30.3 Å². The molecule has 0 saturated carbocycles. The summed E-state index contributed by atoms with van der Waals surface area (Å²) in [5, 5.41) is 6.02. The molecule has 0 aliphatic carbocycles. The van der Waals surface area contributed by atoms with Crippen LogP contribution in [0.25, 0.3) is 0 Å². The Labute approximate surface area is 128 Å². The molecule has 0 aliphatic rings. The van der Waals surface area contributed by atoms with Crippen molar-refractivity contribution >= 4 is 17.5 Å². The molecule has 2 aromatic rings. The van der Waals surface area contributed by atoms with Crippen molar-refractivity contribution in [1.29, 1.82) is 0 Å². The first-order valence-electron chi connectivity index (χ1n) is 7.16. The summed E-state index contributed by atoms with van der Waals surface area (Å²) >= 11 is 0. The largest absolute Gasteiger partial charge is 0.471 e. The third-order valence-electron chi connectivity index (χ3n) is 3.00. The molecule has 7 heteroatoms. The number of rotatable bonds is 8. The molecule has 0 aliphatic heterocycles. The normalized spacial score (nSPS) is 10.2. The molecule has 3 N–H and O–H groups in total. The number of nitrogens with two attached hydrogens (primary N) is 1. The molecular weight excluding hydrogens is 282 g/mol. The number of hydrogen-bond acceptors (Lipinski definition) is 7. The molecule has 2 rings (SSSR count). The van der Waals surface area contributed by atoms with Gasteiger partial charge in [0.2, 0.25) is 11.6 Å². The number of nitrogens with one attached hydrogen (secondary N) is 1. The van der Waals surface area contributed by atoms with Crippen molar-refractivity contribution in [3.05, 3.63) is 40.8 Å². The van der Waals surface area contributed by atoms with Gasteiger partial charge in [0.05, 0.1) is 0 Å². The van der Waals surface area contributed by atoms with Crippen LogP contribution in [0.2, 0.25) is 0 Å². The average Bonchev–Trinajstić information content (AvgIpc) is 2.54. The van der Waals surface area contributed by atoms with Crippen molar-refractivity contribution in [1.82, 2.24) is 9.97 Å². The van der Waals surface area contributed by atoms with Crippen LogP contribution in [0.3, 0.4) is 0 Å². The zero-order valence-corrected chi connectivity index (χ0v) is 12.5. The first-order chi connectivity index (χ1) is 10.7. The summed E-state index contributed by atoms with van der Waals surface area (Å²) in [6, 6.07) is 9.56. The lowest BCUT2D eigenvalue weighted by atomic mass is 10.2. The smallest absolute Gasteiger partial charge is 0.251 e. The van der Waals surface area contributed by atoms with E-state index >= 15 is 0 Å². The highest BCUT2D eigenvalue weighted by Gasteiger charge is 2.16. The first-order valence-corrected chi connectivity index (χ1v) is 7.16. The highest BCUT2D eigenvalue weighted by Crippen LogP contribution is 2.33. The van der Waals surface area contributed by atoms with Gasteiger partial charge in [-0.3, -0.25) is 0 Å². The Morgan fingerprint density at radius 3 is 2.73 bits per heavy atom. The number of ether oxygens (including phenoxy) is 1. The van der Waals surface area contributed by atoms with E-state index in [-0.39, 0.29) is 24.1 Å². The van der Waals surface area contributed by atoms with Crippen LogP contribution in [0.1, 0.15) is 25.3 Å². The lowest BCUT2D eigenvalue weighted by Crippen LogP contribution is -2.08. The van der Waals surface area contributed by atoms with Crippen LogP contribution in [0.4, 0.5) is 17.5 Å². The van der Waals surface area contributed by atoms with Crippen LogP contribution < -0.4 is 15.8 Å². The summed E-state index contributed by atoms with van der Waals surface area (Å²) in [7, 11) is 0. The van der Waals surface area contributed by atoms with E-state index in [0.29, 0.717) is 12.4 Å².